The molecular formula is C20H22ClNO4. The van der Waals surface area contributed by atoms with Crippen molar-refractivity contribution in [2.24, 2.45) is 0 Å². The highest BCUT2D eigenvalue weighted by Gasteiger charge is 2.20. The van der Waals surface area contributed by atoms with E-state index in [1.807, 2.05) is 31.2 Å². The van der Waals surface area contributed by atoms with E-state index in [1.165, 1.54) is 30.9 Å². The van der Waals surface area contributed by atoms with E-state index in [2.05, 4.69) is 17.0 Å². The monoisotopic (exact) mass is 375 g/mol. The molecule has 0 bridgehead atoms. The summed E-state index contributed by atoms with van der Waals surface area (Å²) in [5.74, 6) is -0.217. The molecule has 0 fully saturated rings. The van der Waals surface area contributed by atoms with E-state index >= 15 is 0 Å². The summed E-state index contributed by atoms with van der Waals surface area (Å²) in [6.07, 6.45) is 0.739. The Morgan fingerprint density at radius 1 is 1.12 bits per heavy atom. The minimum atomic E-state index is -0.680. The summed E-state index contributed by atoms with van der Waals surface area (Å²) in [5, 5.41) is 3.05. The Bertz CT molecular complexity index is 774. The average molecular weight is 376 g/mol. The number of benzene rings is 2. The highest BCUT2D eigenvalue weighted by Crippen LogP contribution is 2.24. The van der Waals surface area contributed by atoms with Crippen LogP contribution in [0.1, 0.15) is 36.2 Å². The van der Waals surface area contributed by atoms with Gasteiger partial charge in [0.25, 0.3) is 5.91 Å². The minimum Gasteiger partial charge on any atom is -0.481 e. The second-order valence-electron chi connectivity index (χ2n) is 5.69. The molecule has 138 valence electrons. The van der Waals surface area contributed by atoms with Crippen molar-refractivity contribution < 1.29 is 19.1 Å². The second-order valence-corrected chi connectivity index (χ2v) is 6.09. The normalized spacial score (nSPS) is 11.5. The van der Waals surface area contributed by atoms with Gasteiger partial charge >= 0.3 is 5.97 Å². The van der Waals surface area contributed by atoms with Gasteiger partial charge in [-0.3, -0.25) is 4.79 Å². The van der Waals surface area contributed by atoms with Gasteiger partial charge in [-0.05, 0) is 48.7 Å². The first-order chi connectivity index (χ1) is 12.5. The first kappa shape index (κ1) is 19.8. The fourth-order valence-corrected chi connectivity index (χ4v) is 2.53. The minimum absolute atomic E-state index is 0.302. The summed E-state index contributed by atoms with van der Waals surface area (Å²) in [4.78, 5) is 24.2. The lowest BCUT2D eigenvalue weighted by atomic mass is 10.1. The van der Waals surface area contributed by atoms with Crippen LogP contribution in [-0.2, 0) is 16.0 Å². The maximum atomic E-state index is 12.6. The third-order valence-electron chi connectivity index (χ3n) is 3.92. The van der Waals surface area contributed by atoms with Crippen molar-refractivity contribution in [2.75, 3.05) is 12.4 Å². The number of carbonyl (C=O) groups excluding carboxylic acids is 2. The Morgan fingerprint density at radius 2 is 1.81 bits per heavy atom. The van der Waals surface area contributed by atoms with E-state index in [4.69, 9.17) is 16.3 Å². The molecule has 1 N–H and O–H groups in total. The Kier molecular flexibility index (Phi) is 7.04. The highest BCUT2D eigenvalue weighted by atomic mass is 35.5. The van der Waals surface area contributed by atoms with Crippen LogP contribution in [0.3, 0.4) is 0 Å². The summed E-state index contributed by atoms with van der Waals surface area (Å²) in [7, 11) is 1.29. The summed E-state index contributed by atoms with van der Waals surface area (Å²) < 4.78 is 10.5. The summed E-state index contributed by atoms with van der Waals surface area (Å²) in [5.41, 5.74) is 1.83. The van der Waals surface area contributed by atoms with Gasteiger partial charge < -0.3 is 14.8 Å². The molecule has 0 saturated heterocycles. The first-order valence-corrected chi connectivity index (χ1v) is 8.80. The smallest absolute Gasteiger partial charge is 0.337 e. The molecule has 0 heterocycles. The van der Waals surface area contributed by atoms with Crippen molar-refractivity contribution in [3.05, 3.63) is 58.6 Å². The van der Waals surface area contributed by atoms with Crippen molar-refractivity contribution in [1.82, 2.24) is 0 Å². The maximum absolute atomic E-state index is 12.6. The molecule has 2 rings (SSSR count). The highest BCUT2D eigenvalue weighted by molar-refractivity contribution is 6.33. The zero-order chi connectivity index (χ0) is 19.1. The van der Waals surface area contributed by atoms with Crippen molar-refractivity contribution in [2.45, 2.75) is 32.8 Å². The molecule has 2 aromatic rings. The van der Waals surface area contributed by atoms with Gasteiger partial charge in [-0.2, -0.15) is 0 Å². The predicted molar refractivity (Wildman–Crippen MR) is 102 cm³/mol. The number of hydrogen-bond acceptors (Lipinski definition) is 4. The van der Waals surface area contributed by atoms with E-state index < -0.39 is 12.1 Å². The van der Waals surface area contributed by atoms with Crippen molar-refractivity contribution >= 4 is 29.2 Å². The standard InChI is InChI=1S/C20H22ClNO4/c1-4-13-6-9-15(10-7-13)26-18(5-2)19(23)22-17-12-14(20(24)25-3)8-11-16(17)21/h6-12,18H,4-5H2,1-3H3,(H,22,23). The molecule has 1 unspecified atom stereocenters. The van der Waals surface area contributed by atoms with Gasteiger partial charge in [-0.25, -0.2) is 4.79 Å². The van der Waals surface area contributed by atoms with Gasteiger partial charge in [0.15, 0.2) is 6.10 Å². The Balaban J connectivity index is 2.12. The van der Waals surface area contributed by atoms with Crippen LogP contribution >= 0.6 is 11.6 Å². The summed E-state index contributed by atoms with van der Waals surface area (Å²) in [6, 6.07) is 12.2. The zero-order valence-electron chi connectivity index (χ0n) is 15.0. The van der Waals surface area contributed by atoms with Gasteiger partial charge in [-0.1, -0.05) is 37.6 Å². The van der Waals surface area contributed by atoms with Gasteiger partial charge in [0.05, 0.1) is 23.4 Å². The van der Waals surface area contributed by atoms with Crippen LogP contribution in [0.25, 0.3) is 0 Å². The summed E-state index contributed by atoms with van der Waals surface area (Å²) in [6.45, 7) is 3.93. The van der Waals surface area contributed by atoms with Gasteiger partial charge in [0.2, 0.25) is 0 Å². The van der Waals surface area contributed by atoms with E-state index in [9.17, 15) is 9.59 Å². The van der Waals surface area contributed by atoms with Crippen molar-refractivity contribution in [1.29, 1.82) is 0 Å². The van der Waals surface area contributed by atoms with Crippen molar-refractivity contribution in [3.63, 3.8) is 0 Å². The third-order valence-corrected chi connectivity index (χ3v) is 4.25. The number of anilines is 1. The molecule has 1 amide bonds. The number of nitrogens with one attached hydrogen (secondary N) is 1. The number of hydrogen-bond donors (Lipinski definition) is 1. The van der Waals surface area contributed by atoms with Crippen LogP contribution in [0.4, 0.5) is 5.69 Å². The third kappa shape index (κ3) is 4.99. The molecule has 5 nitrogen and oxygen atoms in total. The fourth-order valence-electron chi connectivity index (χ4n) is 2.37. The largest absolute Gasteiger partial charge is 0.481 e. The number of halogens is 1. The molecule has 0 saturated carbocycles. The quantitative estimate of drug-likeness (QED) is 0.724. The molecule has 0 aliphatic carbocycles. The lowest BCUT2D eigenvalue weighted by Crippen LogP contribution is -2.32. The van der Waals surface area contributed by atoms with Gasteiger partial charge in [0.1, 0.15) is 5.75 Å². The van der Waals surface area contributed by atoms with E-state index in [1.54, 1.807) is 0 Å². The number of ether oxygens (including phenoxy) is 2. The number of amides is 1. The van der Waals surface area contributed by atoms with E-state index in [0.717, 1.165) is 6.42 Å². The Hall–Kier alpha value is -2.53. The molecule has 0 aliphatic rings. The molecule has 6 heteroatoms. The Morgan fingerprint density at radius 3 is 2.38 bits per heavy atom. The van der Waals surface area contributed by atoms with Crippen LogP contribution in [0, 0.1) is 0 Å². The van der Waals surface area contributed by atoms with Gasteiger partial charge in [0, 0.05) is 0 Å². The molecule has 2 aromatic carbocycles. The van der Waals surface area contributed by atoms with Crippen LogP contribution in [0.5, 0.6) is 5.75 Å². The summed E-state index contributed by atoms with van der Waals surface area (Å²) >= 11 is 6.12. The van der Waals surface area contributed by atoms with E-state index in [-0.39, 0.29) is 5.91 Å². The maximum Gasteiger partial charge on any atom is 0.337 e. The van der Waals surface area contributed by atoms with Crippen LogP contribution in [0.15, 0.2) is 42.5 Å². The Labute approximate surface area is 158 Å². The molecule has 0 aliphatic heterocycles. The molecule has 1 atom stereocenters. The topological polar surface area (TPSA) is 64.6 Å². The SMILES string of the molecule is CCc1ccc(OC(CC)C(=O)Nc2cc(C(=O)OC)ccc2Cl)cc1. The number of esters is 1. The number of aryl methyl sites for hydroxylation is 1. The lowest BCUT2D eigenvalue weighted by Gasteiger charge is -2.18. The lowest BCUT2D eigenvalue weighted by molar-refractivity contribution is -0.122. The molecule has 0 aromatic heterocycles. The van der Waals surface area contributed by atoms with Gasteiger partial charge in [-0.15, -0.1) is 0 Å². The van der Waals surface area contributed by atoms with Crippen LogP contribution < -0.4 is 10.1 Å². The van der Waals surface area contributed by atoms with Crippen molar-refractivity contribution in [3.8, 4) is 5.75 Å². The first-order valence-electron chi connectivity index (χ1n) is 8.42. The number of rotatable bonds is 7. The zero-order valence-corrected chi connectivity index (χ0v) is 15.8. The molecular weight excluding hydrogens is 354 g/mol. The van der Waals surface area contributed by atoms with Crippen LogP contribution in [0.2, 0.25) is 5.02 Å². The predicted octanol–water partition coefficient (Wildman–Crippen LogP) is 4.49. The molecule has 0 spiro atoms. The molecule has 0 radical (unpaired) electrons. The fraction of sp³-hybridized carbons (Fsp3) is 0.300. The van der Waals surface area contributed by atoms with Crippen LogP contribution in [-0.4, -0.2) is 25.1 Å². The average Bonchev–Trinajstić information content (AvgIpc) is 2.67. The second kappa shape index (κ2) is 9.25. The number of carbonyl (C=O) groups is 2. The van der Waals surface area contributed by atoms with E-state index in [0.29, 0.717) is 28.4 Å². The molecule has 26 heavy (non-hydrogen) atoms. The number of methoxy groups -OCH3 is 1.